The molecule has 1 aromatic heterocycles. The van der Waals surface area contributed by atoms with Gasteiger partial charge in [0.05, 0.1) is 30.3 Å². The highest BCUT2D eigenvalue weighted by Gasteiger charge is 2.20. The molecule has 2 N–H and O–H groups in total. The summed E-state index contributed by atoms with van der Waals surface area (Å²) in [6.45, 7) is 10.4. The fourth-order valence-electron chi connectivity index (χ4n) is 4.44. The van der Waals surface area contributed by atoms with Gasteiger partial charge in [-0.05, 0) is 84.1 Å². The average molecular weight is 656 g/mol. The molecule has 0 radical (unpaired) electrons. The number of aromatic nitrogens is 2. The van der Waals surface area contributed by atoms with Crippen LogP contribution in [-0.2, 0) is 4.79 Å². The van der Waals surface area contributed by atoms with E-state index < -0.39 is 5.91 Å². The number of carbonyl (C=O) groups is 1. The van der Waals surface area contributed by atoms with Gasteiger partial charge in [-0.2, -0.15) is 9.78 Å². The number of hydrogen-bond acceptors (Lipinski definition) is 7. The van der Waals surface area contributed by atoms with E-state index in [1.165, 1.54) is 10.9 Å². The minimum Gasteiger partial charge on any atom is -0.494 e. The van der Waals surface area contributed by atoms with Crippen LogP contribution in [0.1, 0.15) is 50.3 Å². The number of fused-ring (bicyclic) bond motifs is 1. The fraction of sp³-hybridized carbons (Fsp3) is 0.290. The number of nitrogens with zero attached hydrogens (tertiary/aromatic N) is 3. The number of ether oxygens (including phenoxy) is 3. The lowest BCUT2D eigenvalue weighted by Gasteiger charge is -2.18. The van der Waals surface area contributed by atoms with E-state index in [0.29, 0.717) is 45.7 Å². The zero-order chi connectivity index (χ0) is 30.6. The molecule has 0 unspecified atom stereocenters. The van der Waals surface area contributed by atoms with Gasteiger partial charge in [-0.25, -0.2) is 4.98 Å². The number of rotatable bonds is 11. The van der Waals surface area contributed by atoms with Gasteiger partial charge in [-0.1, -0.05) is 37.6 Å². The van der Waals surface area contributed by atoms with E-state index in [4.69, 9.17) is 36.5 Å². The summed E-state index contributed by atoms with van der Waals surface area (Å²) in [5, 5.41) is 5.20. The van der Waals surface area contributed by atoms with Crippen LogP contribution in [0.25, 0.3) is 22.3 Å². The molecule has 4 aromatic rings. The van der Waals surface area contributed by atoms with Crippen molar-refractivity contribution in [3.8, 4) is 28.6 Å². The molecule has 0 bridgehead atoms. The maximum absolute atomic E-state index is 13.8. The third-order valence-electron chi connectivity index (χ3n) is 6.40. The Morgan fingerprint density at radius 3 is 2.48 bits per heavy atom. The molecule has 0 spiro atoms. The highest BCUT2D eigenvalue weighted by molar-refractivity contribution is 9.10. The number of halogens is 2. The lowest BCUT2D eigenvalue weighted by atomic mass is 9.96. The van der Waals surface area contributed by atoms with Gasteiger partial charge >= 0.3 is 0 Å². The molecule has 11 heteroatoms. The van der Waals surface area contributed by atoms with Crippen LogP contribution in [0.4, 0.5) is 0 Å². The van der Waals surface area contributed by atoms with Gasteiger partial charge in [0.2, 0.25) is 0 Å². The van der Waals surface area contributed by atoms with Gasteiger partial charge in [0.15, 0.2) is 23.9 Å². The van der Waals surface area contributed by atoms with E-state index in [-0.39, 0.29) is 28.9 Å². The zero-order valence-corrected chi connectivity index (χ0v) is 26.4. The molecule has 0 saturated heterocycles. The quantitative estimate of drug-likeness (QED) is 0.186. The smallest absolute Gasteiger partial charge is 0.282 e. The lowest BCUT2D eigenvalue weighted by Crippen LogP contribution is -2.21. The first-order valence-corrected chi connectivity index (χ1v) is 14.6. The summed E-state index contributed by atoms with van der Waals surface area (Å²) >= 11 is 10.1. The van der Waals surface area contributed by atoms with Crippen molar-refractivity contribution in [2.75, 3.05) is 19.8 Å². The van der Waals surface area contributed by atoms with E-state index in [1.807, 2.05) is 32.0 Å². The Kier molecular flexibility index (Phi) is 9.90. The van der Waals surface area contributed by atoms with Crippen molar-refractivity contribution in [2.45, 2.75) is 40.5 Å². The van der Waals surface area contributed by atoms with Gasteiger partial charge < -0.3 is 19.9 Å². The molecule has 1 heterocycles. The zero-order valence-electron chi connectivity index (χ0n) is 24.0. The average Bonchev–Trinajstić information content (AvgIpc) is 2.95. The van der Waals surface area contributed by atoms with Crippen LogP contribution in [0, 0.1) is 6.92 Å². The lowest BCUT2D eigenvalue weighted by molar-refractivity contribution is -0.119. The molecule has 4 rings (SSSR count). The number of hydrogen-bond donors (Lipinski definition) is 1. The predicted octanol–water partition coefficient (Wildman–Crippen LogP) is 6.45. The van der Waals surface area contributed by atoms with E-state index in [1.54, 1.807) is 31.2 Å². The first kappa shape index (κ1) is 31.1. The third kappa shape index (κ3) is 6.44. The Balaban J connectivity index is 1.94. The maximum Gasteiger partial charge on any atom is 0.282 e. The molecular formula is C31H32BrClN4O5. The number of para-hydroxylation sites is 1. The molecular weight excluding hydrogens is 624 g/mol. The van der Waals surface area contributed by atoms with E-state index in [0.717, 1.165) is 22.4 Å². The summed E-state index contributed by atoms with van der Waals surface area (Å²) in [4.78, 5) is 30.0. The molecule has 0 fully saturated rings. The van der Waals surface area contributed by atoms with Crippen molar-refractivity contribution < 1.29 is 19.0 Å². The first-order valence-electron chi connectivity index (χ1n) is 13.5. The van der Waals surface area contributed by atoms with Crippen molar-refractivity contribution >= 4 is 50.6 Å². The van der Waals surface area contributed by atoms with Crippen LogP contribution in [0.15, 0.2) is 56.8 Å². The standard InChI is InChI=1S/C31H32BrClN4O5/c1-6-40-24-12-18(5)22(14-21(24)17(3)4)30-36-23-11-9-8-10-20(23)31(39)37(30)35-15-19-13-25(41-7-2)29(28(33)27(19)32)42-16-26(34)38/h8-15,17H,6-7,16H2,1-5H3,(H2,34,38). The molecule has 1 amide bonds. The molecule has 42 heavy (non-hydrogen) atoms. The SMILES string of the molecule is CCOc1cc(C)c(-c2nc3ccccc3c(=O)n2N=Cc2cc(OCC)c(OCC(N)=O)c(Cl)c2Br)cc1C(C)C. The number of primary amides is 1. The Hall–Kier alpha value is -3.89. The molecule has 220 valence electrons. The summed E-state index contributed by atoms with van der Waals surface area (Å²) in [6, 6.07) is 12.8. The molecule has 0 aliphatic carbocycles. The summed E-state index contributed by atoms with van der Waals surface area (Å²) < 4.78 is 18.9. The maximum atomic E-state index is 13.8. The van der Waals surface area contributed by atoms with Crippen molar-refractivity contribution in [1.29, 1.82) is 0 Å². The number of amides is 1. The highest BCUT2D eigenvalue weighted by Crippen LogP contribution is 2.42. The molecule has 9 nitrogen and oxygen atoms in total. The van der Waals surface area contributed by atoms with Crippen LogP contribution in [-0.4, -0.2) is 41.6 Å². The topological polar surface area (TPSA) is 118 Å². The molecule has 0 aliphatic rings. The van der Waals surface area contributed by atoms with Crippen molar-refractivity contribution in [3.05, 3.63) is 79.0 Å². The summed E-state index contributed by atoms with van der Waals surface area (Å²) in [6.07, 6.45) is 1.49. The summed E-state index contributed by atoms with van der Waals surface area (Å²) in [5.74, 6) is 1.15. The second kappa shape index (κ2) is 13.4. The largest absolute Gasteiger partial charge is 0.494 e. The second-order valence-electron chi connectivity index (χ2n) is 9.72. The molecule has 0 atom stereocenters. The van der Waals surface area contributed by atoms with Crippen LogP contribution in [0.3, 0.4) is 0 Å². The number of aryl methyl sites for hydroxylation is 1. The van der Waals surface area contributed by atoms with Crippen molar-refractivity contribution in [3.63, 3.8) is 0 Å². The Bertz CT molecular complexity index is 1740. The number of benzene rings is 3. The molecule has 0 aliphatic heterocycles. The van der Waals surface area contributed by atoms with Gasteiger partial charge in [0.25, 0.3) is 11.5 Å². The van der Waals surface area contributed by atoms with Crippen molar-refractivity contribution in [1.82, 2.24) is 9.66 Å². The fourth-order valence-corrected chi connectivity index (χ4v) is 5.09. The van der Waals surface area contributed by atoms with Gasteiger partial charge in [-0.3, -0.25) is 9.59 Å². The van der Waals surface area contributed by atoms with E-state index >= 15 is 0 Å². The van der Waals surface area contributed by atoms with E-state index in [9.17, 15) is 9.59 Å². The van der Waals surface area contributed by atoms with Crippen LogP contribution < -0.4 is 25.5 Å². The summed E-state index contributed by atoms with van der Waals surface area (Å²) in [7, 11) is 0. The highest BCUT2D eigenvalue weighted by atomic mass is 79.9. The monoisotopic (exact) mass is 654 g/mol. The number of nitrogens with two attached hydrogens (primary N) is 1. The minimum absolute atomic E-state index is 0.164. The Morgan fingerprint density at radius 2 is 1.81 bits per heavy atom. The van der Waals surface area contributed by atoms with Gasteiger partial charge in [0.1, 0.15) is 10.8 Å². The second-order valence-corrected chi connectivity index (χ2v) is 10.9. The minimum atomic E-state index is -0.656. The first-order chi connectivity index (χ1) is 20.1. The van der Waals surface area contributed by atoms with E-state index in [2.05, 4.69) is 34.9 Å². The van der Waals surface area contributed by atoms with Crippen LogP contribution in [0.2, 0.25) is 5.02 Å². The van der Waals surface area contributed by atoms with Gasteiger partial charge in [-0.15, -0.1) is 0 Å². The van der Waals surface area contributed by atoms with Crippen LogP contribution in [0.5, 0.6) is 17.2 Å². The van der Waals surface area contributed by atoms with Crippen molar-refractivity contribution in [2.24, 2.45) is 10.8 Å². The predicted molar refractivity (Wildman–Crippen MR) is 169 cm³/mol. The summed E-state index contributed by atoms with van der Waals surface area (Å²) in [5.41, 5.74) is 8.61. The molecule has 3 aromatic carbocycles. The molecule has 0 saturated carbocycles. The normalized spacial score (nSPS) is 11.4. The van der Waals surface area contributed by atoms with Crippen LogP contribution >= 0.6 is 27.5 Å². The third-order valence-corrected chi connectivity index (χ3v) is 7.84. The number of carbonyl (C=O) groups excluding carboxylic acids is 1. The Morgan fingerprint density at radius 1 is 1.12 bits per heavy atom. The Labute approximate surface area is 257 Å². The van der Waals surface area contributed by atoms with Gasteiger partial charge in [0, 0.05) is 15.6 Å².